The van der Waals surface area contributed by atoms with E-state index in [1.54, 1.807) is 17.7 Å². The van der Waals surface area contributed by atoms with Gasteiger partial charge in [0.2, 0.25) is 0 Å². The zero-order chi connectivity index (χ0) is 12.3. The fraction of sp³-hybridized carbons (Fsp3) is 0.500. The van der Waals surface area contributed by atoms with Gasteiger partial charge in [-0.1, -0.05) is 6.92 Å². The number of anilines is 1. The average Bonchev–Trinajstić information content (AvgIpc) is 2.70. The average molecular weight is 250 g/mol. The van der Waals surface area contributed by atoms with E-state index in [1.165, 1.54) is 4.88 Å². The van der Waals surface area contributed by atoms with Crippen LogP contribution in [0.25, 0.3) is 10.2 Å². The Morgan fingerprint density at radius 2 is 2.29 bits per heavy atom. The third-order valence-electron chi connectivity index (χ3n) is 2.80. The van der Waals surface area contributed by atoms with Gasteiger partial charge in [0, 0.05) is 10.9 Å². The van der Waals surface area contributed by atoms with E-state index in [4.69, 9.17) is 5.73 Å². The van der Waals surface area contributed by atoms with Crippen molar-refractivity contribution in [3.05, 3.63) is 17.3 Å². The molecular weight excluding hydrogens is 232 g/mol. The van der Waals surface area contributed by atoms with Gasteiger partial charge >= 0.3 is 0 Å². The molecule has 0 fully saturated rings. The van der Waals surface area contributed by atoms with Gasteiger partial charge in [-0.3, -0.25) is 0 Å². The molecule has 2 aromatic rings. The highest BCUT2D eigenvalue weighted by molar-refractivity contribution is 7.18. The predicted octanol–water partition coefficient (Wildman–Crippen LogP) is 2.54. The summed E-state index contributed by atoms with van der Waals surface area (Å²) < 4.78 is 0. The second-order valence-electron chi connectivity index (χ2n) is 4.13. The van der Waals surface area contributed by atoms with Crippen molar-refractivity contribution in [2.24, 2.45) is 5.73 Å². The van der Waals surface area contributed by atoms with E-state index >= 15 is 0 Å². The van der Waals surface area contributed by atoms with Crippen LogP contribution in [0.1, 0.15) is 24.6 Å². The highest BCUT2D eigenvalue weighted by atomic mass is 32.1. The molecule has 0 radical (unpaired) electrons. The second kappa shape index (κ2) is 5.42. The van der Waals surface area contributed by atoms with Gasteiger partial charge in [-0.2, -0.15) is 0 Å². The van der Waals surface area contributed by atoms with Gasteiger partial charge in [0.05, 0.1) is 5.39 Å². The Morgan fingerprint density at radius 1 is 1.47 bits per heavy atom. The first kappa shape index (κ1) is 12.3. The van der Waals surface area contributed by atoms with Crippen LogP contribution in [0.4, 0.5) is 5.82 Å². The molecule has 0 spiro atoms. The highest BCUT2D eigenvalue weighted by Gasteiger charge is 2.10. The fourth-order valence-corrected chi connectivity index (χ4v) is 2.71. The van der Waals surface area contributed by atoms with Crippen molar-refractivity contribution in [1.29, 1.82) is 0 Å². The zero-order valence-electron chi connectivity index (χ0n) is 10.2. The van der Waals surface area contributed by atoms with Crippen molar-refractivity contribution in [2.45, 2.75) is 32.7 Å². The van der Waals surface area contributed by atoms with Gasteiger partial charge < -0.3 is 11.1 Å². The van der Waals surface area contributed by atoms with E-state index in [0.717, 1.165) is 28.9 Å². The molecule has 0 bridgehead atoms. The van der Waals surface area contributed by atoms with Crippen LogP contribution in [-0.2, 0) is 0 Å². The summed E-state index contributed by atoms with van der Waals surface area (Å²) in [7, 11) is 0. The van der Waals surface area contributed by atoms with E-state index in [0.29, 0.717) is 12.6 Å². The number of nitrogens with zero attached hydrogens (tertiary/aromatic N) is 2. The highest BCUT2D eigenvalue weighted by Crippen LogP contribution is 2.28. The first-order valence-electron chi connectivity index (χ1n) is 5.92. The number of nitrogens with one attached hydrogen (secondary N) is 1. The van der Waals surface area contributed by atoms with Gasteiger partial charge in [0.15, 0.2) is 0 Å². The summed E-state index contributed by atoms with van der Waals surface area (Å²) in [4.78, 5) is 10.9. The molecule has 5 heteroatoms. The molecule has 2 rings (SSSR count). The summed E-state index contributed by atoms with van der Waals surface area (Å²) in [5, 5.41) is 4.58. The number of thiophene rings is 1. The summed E-state index contributed by atoms with van der Waals surface area (Å²) in [5.74, 6) is 0.930. The van der Waals surface area contributed by atoms with Crippen molar-refractivity contribution in [3.8, 4) is 0 Å². The van der Waals surface area contributed by atoms with Gasteiger partial charge in [-0.05, 0) is 32.4 Å². The molecule has 0 aliphatic heterocycles. The Morgan fingerprint density at radius 3 is 3.00 bits per heavy atom. The number of rotatable bonds is 5. The maximum atomic E-state index is 5.60. The molecule has 0 aliphatic carbocycles. The topological polar surface area (TPSA) is 63.8 Å². The maximum Gasteiger partial charge on any atom is 0.138 e. The minimum atomic E-state index is 0.387. The molecule has 3 N–H and O–H groups in total. The van der Waals surface area contributed by atoms with Crippen LogP contribution < -0.4 is 11.1 Å². The van der Waals surface area contributed by atoms with Gasteiger partial charge in [-0.25, -0.2) is 9.97 Å². The Labute approximate surface area is 105 Å². The number of fused-ring (bicyclic) bond motifs is 1. The third-order valence-corrected chi connectivity index (χ3v) is 3.76. The van der Waals surface area contributed by atoms with Crippen LogP contribution in [0.3, 0.4) is 0 Å². The monoisotopic (exact) mass is 250 g/mol. The van der Waals surface area contributed by atoms with Gasteiger partial charge in [-0.15, -0.1) is 11.3 Å². The summed E-state index contributed by atoms with van der Waals surface area (Å²) in [6.07, 6.45) is 3.63. The maximum absolute atomic E-state index is 5.60. The van der Waals surface area contributed by atoms with Crippen LogP contribution in [-0.4, -0.2) is 22.6 Å². The summed E-state index contributed by atoms with van der Waals surface area (Å²) in [6, 6.07) is 2.52. The molecule has 92 valence electrons. The lowest BCUT2D eigenvalue weighted by molar-refractivity contribution is 0.640. The summed E-state index contributed by atoms with van der Waals surface area (Å²) >= 11 is 1.70. The van der Waals surface area contributed by atoms with Gasteiger partial charge in [0.25, 0.3) is 0 Å². The lowest BCUT2D eigenvalue weighted by Crippen LogP contribution is -2.22. The number of hydrogen-bond acceptors (Lipinski definition) is 5. The predicted molar refractivity (Wildman–Crippen MR) is 73.5 cm³/mol. The van der Waals surface area contributed by atoms with Crippen LogP contribution in [0.5, 0.6) is 0 Å². The number of hydrogen-bond donors (Lipinski definition) is 2. The molecule has 2 aromatic heterocycles. The van der Waals surface area contributed by atoms with E-state index in [1.807, 2.05) is 0 Å². The van der Waals surface area contributed by atoms with Crippen LogP contribution in [0.2, 0.25) is 0 Å². The molecule has 0 amide bonds. The van der Waals surface area contributed by atoms with Crippen molar-refractivity contribution in [2.75, 3.05) is 11.9 Å². The number of nitrogens with two attached hydrogens (primary N) is 1. The Kier molecular flexibility index (Phi) is 3.91. The standard InChI is InChI=1S/C12H18N4S/c1-3-9(4-5-13)16-11-10-6-8(2)17-12(10)15-7-14-11/h6-7,9H,3-5,13H2,1-2H3,(H,14,15,16). The molecule has 0 saturated carbocycles. The first-order chi connectivity index (χ1) is 8.24. The molecule has 0 aliphatic rings. The second-order valence-corrected chi connectivity index (χ2v) is 5.36. The van der Waals surface area contributed by atoms with Crippen molar-refractivity contribution < 1.29 is 0 Å². The van der Waals surface area contributed by atoms with Crippen LogP contribution in [0, 0.1) is 6.92 Å². The Bertz CT molecular complexity index is 494. The first-order valence-corrected chi connectivity index (χ1v) is 6.74. The van der Waals surface area contributed by atoms with E-state index in [-0.39, 0.29) is 0 Å². The lowest BCUT2D eigenvalue weighted by Gasteiger charge is -2.16. The molecule has 0 aromatic carbocycles. The SMILES string of the molecule is CCC(CCN)Nc1ncnc2sc(C)cc12. The van der Waals surface area contributed by atoms with Crippen molar-refractivity contribution in [3.63, 3.8) is 0 Å². The molecule has 4 nitrogen and oxygen atoms in total. The minimum Gasteiger partial charge on any atom is -0.367 e. The zero-order valence-corrected chi connectivity index (χ0v) is 11.0. The molecule has 1 atom stereocenters. The van der Waals surface area contributed by atoms with E-state index < -0.39 is 0 Å². The van der Waals surface area contributed by atoms with Crippen molar-refractivity contribution in [1.82, 2.24) is 9.97 Å². The third kappa shape index (κ3) is 2.73. The summed E-state index contributed by atoms with van der Waals surface area (Å²) in [6.45, 7) is 4.94. The quantitative estimate of drug-likeness (QED) is 0.856. The number of aromatic nitrogens is 2. The molecule has 1 unspecified atom stereocenters. The smallest absolute Gasteiger partial charge is 0.138 e. The van der Waals surface area contributed by atoms with Gasteiger partial charge in [0.1, 0.15) is 17.0 Å². The molecule has 17 heavy (non-hydrogen) atoms. The van der Waals surface area contributed by atoms with Crippen molar-refractivity contribution >= 4 is 27.4 Å². The largest absolute Gasteiger partial charge is 0.367 e. The fourth-order valence-electron chi connectivity index (χ4n) is 1.86. The van der Waals surface area contributed by atoms with E-state index in [2.05, 4.69) is 35.2 Å². The normalized spacial score (nSPS) is 12.9. The van der Waals surface area contributed by atoms with Crippen LogP contribution >= 0.6 is 11.3 Å². The lowest BCUT2D eigenvalue weighted by atomic mass is 10.1. The molecular formula is C12H18N4S. The summed E-state index contributed by atoms with van der Waals surface area (Å²) in [5.41, 5.74) is 5.60. The Balaban J connectivity index is 2.28. The Hall–Kier alpha value is -1.20. The molecule has 2 heterocycles. The number of aryl methyl sites for hydroxylation is 1. The van der Waals surface area contributed by atoms with Crippen LogP contribution in [0.15, 0.2) is 12.4 Å². The minimum absolute atomic E-state index is 0.387. The molecule has 0 saturated heterocycles. The van der Waals surface area contributed by atoms with E-state index in [9.17, 15) is 0 Å².